The molecule has 6 nitrogen and oxygen atoms in total. The summed E-state index contributed by atoms with van der Waals surface area (Å²) >= 11 is 7.18. The van der Waals surface area contributed by atoms with Crippen LogP contribution >= 0.6 is 22.9 Å². The second-order valence-corrected chi connectivity index (χ2v) is 6.68. The van der Waals surface area contributed by atoms with E-state index in [4.69, 9.17) is 16.3 Å². The van der Waals surface area contributed by atoms with Crippen molar-refractivity contribution in [3.63, 3.8) is 0 Å². The first-order valence-corrected chi connectivity index (χ1v) is 9.17. The molecule has 0 unspecified atom stereocenters. The smallest absolute Gasteiger partial charge is 0.340 e. The summed E-state index contributed by atoms with van der Waals surface area (Å²) in [5, 5.41) is 2.10. The third-order valence-electron chi connectivity index (χ3n) is 3.60. The van der Waals surface area contributed by atoms with Crippen molar-refractivity contribution in [1.29, 1.82) is 0 Å². The van der Waals surface area contributed by atoms with Gasteiger partial charge in [-0.25, -0.2) is 9.78 Å². The fourth-order valence-electron chi connectivity index (χ4n) is 2.21. The lowest BCUT2D eigenvalue weighted by atomic mass is 10.1. The maximum Gasteiger partial charge on any atom is 0.340 e. The Bertz CT molecular complexity index is 972. The van der Waals surface area contributed by atoms with E-state index in [-0.39, 0.29) is 23.6 Å². The summed E-state index contributed by atoms with van der Waals surface area (Å²) in [6.45, 7) is -0.400. The van der Waals surface area contributed by atoms with Crippen molar-refractivity contribution < 1.29 is 19.1 Å². The van der Waals surface area contributed by atoms with E-state index in [1.807, 2.05) is 0 Å². The topological polar surface area (TPSA) is 86.2 Å². The first-order valence-electron chi connectivity index (χ1n) is 7.85. The Labute approximate surface area is 163 Å². The van der Waals surface area contributed by atoms with Crippen molar-refractivity contribution >= 4 is 40.5 Å². The number of rotatable bonds is 7. The molecular formula is C19H13ClN2O4S. The molecule has 0 aliphatic carbocycles. The predicted octanol–water partition coefficient (Wildman–Crippen LogP) is 3.66. The Balaban J connectivity index is 1.56. The van der Waals surface area contributed by atoms with Gasteiger partial charge in [-0.2, -0.15) is 0 Å². The van der Waals surface area contributed by atoms with Gasteiger partial charge in [0.15, 0.2) is 18.2 Å². The minimum absolute atomic E-state index is 0.0896. The van der Waals surface area contributed by atoms with Crippen LogP contribution < -0.4 is 0 Å². The SMILES string of the molecule is O=C(COC(=O)c1ccc(CC(=O)c2cscn2)nc1)c1cccc(Cl)c1. The summed E-state index contributed by atoms with van der Waals surface area (Å²) in [5.41, 5.74) is 3.05. The number of aromatic nitrogens is 2. The normalized spacial score (nSPS) is 10.4. The number of hydrogen-bond acceptors (Lipinski definition) is 7. The molecule has 2 heterocycles. The number of nitrogens with zero attached hydrogens (tertiary/aromatic N) is 2. The minimum atomic E-state index is -0.671. The third kappa shape index (κ3) is 5.06. The first kappa shape index (κ1) is 18.9. The molecule has 3 aromatic rings. The molecule has 3 rings (SSSR count). The lowest BCUT2D eigenvalue weighted by Gasteiger charge is -2.05. The number of thiazole rings is 1. The van der Waals surface area contributed by atoms with Crippen LogP contribution in [-0.2, 0) is 11.2 Å². The summed E-state index contributed by atoms with van der Waals surface area (Å²) < 4.78 is 5.02. The van der Waals surface area contributed by atoms with Crippen LogP contribution in [0, 0.1) is 0 Å². The minimum Gasteiger partial charge on any atom is -0.454 e. The van der Waals surface area contributed by atoms with Crippen molar-refractivity contribution in [1.82, 2.24) is 9.97 Å². The molecule has 0 atom stereocenters. The van der Waals surface area contributed by atoms with E-state index in [1.54, 1.807) is 35.2 Å². The van der Waals surface area contributed by atoms with Gasteiger partial charge in [0, 0.05) is 27.9 Å². The molecule has 0 aliphatic rings. The predicted molar refractivity (Wildman–Crippen MR) is 100 cm³/mol. The molecule has 8 heteroatoms. The quantitative estimate of drug-likeness (QED) is 0.444. The molecule has 0 bridgehead atoms. The Morgan fingerprint density at radius 1 is 1.04 bits per heavy atom. The zero-order chi connectivity index (χ0) is 19.2. The van der Waals surface area contributed by atoms with Gasteiger partial charge in [0.1, 0.15) is 5.69 Å². The van der Waals surface area contributed by atoms with Gasteiger partial charge in [0.2, 0.25) is 0 Å². The second kappa shape index (κ2) is 8.66. The second-order valence-electron chi connectivity index (χ2n) is 5.52. The van der Waals surface area contributed by atoms with E-state index in [0.717, 1.165) is 0 Å². The molecule has 0 saturated heterocycles. The highest BCUT2D eigenvalue weighted by atomic mass is 35.5. The summed E-state index contributed by atoms with van der Waals surface area (Å²) in [4.78, 5) is 44.1. The highest BCUT2D eigenvalue weighted by Crippen LogP contribution is 2.12. The standard InChI is InChI=1S/C19H13ClN2O4S/c20-14-3-1-2-12(6-14)18(24)9-26-19(25)13-4-5-15(21-8-13)7-17(23)16-10-27-11-22-16/h1-6,8,10-11H,7,9H2. The molecule has 0 fully saturated rings. The lowest BCUT2D eigenvalue weighted by Crippen LogP contribution is -2.14. The van der Waals surface area contributed by atoms with Crippen LogP contribution in [0.15, 0.2) is 53.5 Å². The maximum atomic E-state index is 12.1. The zero-order valence-electron chi connectivity index (χ0n) is 13.9. The van der Waals surface area contributed by atoms with E-state index in [9.17, 15) is 14.4 Å². The number of ketones is 2. The fraction of sp³-hybridized carbons (Fsp3) is 0.105. The molecule has 27 heavy (non-hydrogen) atoms. The largest absolute Gasteiger partial charge is 0.454 e. The molecule has 0 saturated carbocycles. The van der Waals surface area contributed by atoms with Crippen LogP contribution in [0.25, 0.3) is 0 Å². The Hall–Kier alpha value is -2.90. The van der Waals surface area contributed by atoms with Crippen LogP contribution in [0.5, 0.6) is 0 Å². The Kier molecular flexibility index (Phi) is 6.05. The number of hydrogen-bond donors (Lipinski definition) is 0. The number of halogens is 1. The fourth-order valence-corrected chi connectivity index (χ4v) is 2.96. The summed E-state index contributed by atoms with van der Waals surface area (Å²) in [6.07, 6.45) is 1.40. The Morgan fingerprint density at radius 2 is 1.89 bits per heavy atom. The molecule has 0 radical (unpaired) electrons. The van der Waals surface area contributed by atoms with E-state index in [1.165, 1.54) is 29.7 Å². The molecular weight excluding hydrogens is 388 g/mol. The van der Waals surface area contributed by atoms with Gasteiger partial charge >= 0.3 is 5.97 Å². The van der Waals surface area contributed by atoms with Gasteiger partial charge in [0.05, 0.1) is 17.5 Å². The summed E-state index contributed by atoms with van der Waals surface area (Å²) in [5.74, 6) is -1.18. The number of benzene rings is 1. The van der Waals surface area contributed by atoms with Crippen LogP contribution in [-0.4, -0.2) is 34.1 Å². The average Bonchev–Trinajstić information content (AvgIpc) is 3.21. The third-order valence-corrected chi connectivity index (χ3v) is 4.42. The summed E-state index contributed by atoms with van der Waals surface area (Å²) in [7, 11) is 0. The van der Waals surface area contributed by atoms with Gasteiger partial charge in [-0.1, -0.05) is 23.7 Å². The number of esters is 1. The highest BCUT2D eigenvalue weighted by molar-refractivity contribution is 7.07. The molecule has 0 aliphatic heterocycles. The van der Waals surface area contributed by atoms with E-state index in [2.05, 4.69) is 9.97 Å². The molecule has 136 valence electrons. The van der Waals surface area contributed by atoms with Gasteiger partial charge < -0.3 is 4.74 Å². The van der Waals surface area contributed by atoms with Crippen LogP contribution in [0.2, 0.25) is 5.02 Å². The van der Waals surface area contributed by atoms with Crippen molar-refractivity contribution in [2.45, 2.75) is 6.42 Å². The van der Waals surface area contributed by atoms with E-state index < -0.39 is 12.6 Å². The highest BCUT2D eigenvalue weighted by Gasteiger charge is 2.14. The van der Waals surface area contributed by atoms with Gasteiger partial charge in [0.25, 0.3) is 0 Å². The van der Waals surface area contributed by atoms with Gasteiger partial charge in [-0.3, -0.25) is 14.6 Å². The average molecular weight is 401 g/mol. The van der Waals surface area contributed by atoms with Crippen LogP contribution in [0.4, 0.5) is 0 Å². The first-order chi connectivity index (χ1) is 13.0. The number of Topliss-reactive ketones (excluding diaryl/α,β-unsaturated/α-hetero) is 2. The Morgan fingerprint density at radius 3 is 2.56 bits per heavy atom. The number of carbonyl (C=O) groups excluding carboxylic acids is 3. The van der Waals surface area contributed by atoms with Gasteiger partial charge in [-0.15, -0.1) is 11.3 Å². The van der Waals surface area contributed by atoms with Crippen molar-refractivity contribution in [3.05, 3.63) is 81.0 Å². The molecule has 0 amide bonds. The van der Waals surface area contributed by atoms with Crippen molar-refractivity contribution in [2.75, 3.05) is 6.61 Å². The van der Waals surface area contributed by atoms with Gasteiger partial charge in [-0.05, 0) is 24.3 Å². The lowest BCUT2D eigenvalue weighted by molar-refractivity contribution is 0.0474. The maximum absolute atomic E-state index is 12.1. The number of pyridine rings is 1. The van der Waals surface area contributed by atoms with E-state index >= 15 is 0 Å². The molecule has 1 aromatic carbocycles. The van der Waals surface area contributed by atoms with Crippen LogP contribution in [0.3, 0.4) is 0 Å². The number of carbonyl (C=O) groups is 3. The molecule has 0 spiro atoms. The molecule has 0 N–H and O–H groups in total. The van der Waals surface area contributed by atoms with E-state index in [0.29, 0.717) is 22.0 Å². The van der Waals surface area contributed by atoms with Crippen molar-refractivity contribution in [2.24, 2.45) is 0 Å². The summed E-state index contributed by atoms with van der Waals surface area (Å²) in [6, 6.07) is 9.47. The number of ether oxygens (including phenoxy) is 1. The zero-order valence-corrected chi connectivity index (χ0v) is 15.5. The monoisotopic (exact) mass is 400 g/mol. The van der Waals surface area contributed by atoms with Crippen molar-refractivity contribution in [3.8, 4) is 0 Å². The van der Waals surface area contributed by atoms with Crippen LogP contribution in [0.1, 0.15) is 36.9 Å². The molecule has 2 aromatic heterocycles.